The van der Waals surface area contributed by atoms with Crippen molar-refractivity contribution in [2.75, 3.05) is 5.75 Å². The topological polar surface area (TPSA) is 41.5 Å². The molecule has 0 aromatic heterocycles. The minimum atomic E-state index is -0.140. The lowest BCUT2D eigenvalue weighted by molar-refractivity contribution is -0.118. The van der Waals surface area contributed by atoms with Crippen LogP contribution in [0.4, 0.5) is 0 Å². The van der Waals surface area contributed by atoms with E-state index in [1.54, 1.807) is 18.3 Å². The molecule has 5 heteroatoms. The summed E-state index contributed by atoms with van der Waals surface area (Å²) in [4.78, 5) is 12.7. The fourth-order valence-electron chi connectivity index (χ4n) is 1.58. The van der Waals surface area contributed by atoms with Gasteiger partial charge < -0.3 is 0 Å². The Kier molecular flexibility index (Phi) is 5.84. The highest BCUT2D eigenvalue weighted by atomic mass is 35.5. The van der Waals surface area contributed by atoms with E-state index < -0.39 is 0 Å². The number of nitrogens with one attached hydrogen (secondary N) is 1. The van der Waals surface area contributed by atoms with Crippen LogP contribution in [0.2, 0.25) is 5.02 Å². The minimum Gasteiger partial charge on any atom is -0.272 e. The molecule has 1 N–H and O–H groups in total. The zero-order chi connectivity index (χ0) is 15.1. The van der Waals surface area contributed by atoms with Gasteiger partial charge in [-0.2, -0.15) is 5.10 Å². The highest BCUT2D eigenvalue weighted by Crippen LogP contribution is 2.17. The van der Waals surface area contributed by atoms with Crippen molar-refractivity contribution < 1.29 is 4.79 Å². The summed E-state index contributed by atoms with van der Waals surface area (Å²) in [5.41, 5.74) is 4.54. The molecule has 108 valence electrons. The van der Waals surface area contributed by atoms with Gasteiger partial charge in [0.1, 0.15) is 0 Å². The number of hydrogen-bond donors (Lipinski definition) is 1. The maximum atomic E-state index is 11.7. The Labute approximate surface area is 133 Å². The Bertz CT molecular complexity index is 641. The quantitative estimate of drug-likeness (QED) is 0.516. The number of rotatable bonds is 5. The zero-order valence-electron chi connectivity index (χ0n) is 11.5. The van der Waals surface area contributed by atoms with Crippen molar-refractivity contribution in [2.24, 2.45) is 5.10 Å². The number of aryl methyl sites for hydroxylation is 1. The summed E-state index contributed by atoms with van der Waals surface area (Å²) >= 11 is 7.34. The highest BCUT2D eigenvalue weighted by molar-refractivity contribution is 8.00. The fourth-order valence-corrected chi connectivity index (χ4v) is 2.47. The molecule has 0 aliphatic rings. The van der Waals surface area contributed by atoms with Gasteiger partial charge in [-0.25, -0.2) is 5.43 Å². The van der Waals surface area contributed by atoms with Crippen LogP contribution in [0.1, 0.15) is 11.1 Å². The molecule has 0 saturated heterocycles. The molecule has 2 aromatic rings. The maximum absolute atomic E-state index is 11.7. The molecule has 1 amide bonds. The lowest BCUT2D eigenvalue weighted by Gasteiger charge is -2.01. The van der Waals surface area contributed by atoms with Gasteiger partial charge in [-0.05, 0) is 36.8 Å². The summed E-state index contributed by atoms with van der Waals surface area (Å²) in [6, 6.07) is 15.3. The molecule has 0 atom stereocenters. The molecular formula is C16H15ClN2OS. The number of hydrogen-bond acceptors (Lipinski definition) is 3. The van der Waals surface area contributed by atoms with Crippen molar-refractivity contribution in [2.45, 2.75) is 11.8 Å². The van der Waals surface area contributed by atoms with Crippen molar-refractivity contribution in [1.82, 2.24) is 5.43 Å². The predicted molar refractivity (Wildman–Crippen MR) is 89.1 cm³/mol. The van der Waals surface area contributed by atoms with Crippen LogP contribution in [0.15, 0.2) is 58.5 Å². The molecule has 0 spiro atoms. The summed E-state index contributed by atoms with van der Waals surface area (Å²) in [7, 11) is 0. The van der Waals surface area contributed by atoms with Crippen LogP contribution >= 0.6 is 23.4 Å². The Morgan fingerprint density at radius 2 is 2.05 bits per heavy atom. The fraction of sp³-hybridized carbons (Fsp3) is 0.125. The van der Waals surface area contributed by atoms with Crippen LogP contribution in [0.25, 0.3) is 0 Å². The second kappa shape index (κ2) is 7.86. The second-order valence-corrected chi connectivity index (χ2v) is 5.94. The van der Waals surface area contributed by atoms with Gasteiger partial charge in [-0.1, -0.05) is 41.4 Å². The van der Waals surface area contributed by atoms with Gasteiger partial charge >= 0.3 is 0 Å². The van der Waals surface area contributed by atoms with E-state index in [1.807, 2.05) is 43.3 Å². The van der Waals surface area contributed by atoms with Gasteiger partial charge in [0.25, 0.3) is 0 Å². The largest absolute Gasteiger partial charge is 0.272 e. The molecule has 3 nitrogen and oxygen atoms in total. The Hall–Kier alpha value is -1.78. The summed E-state index contributed by atoms with van der Waals surface area (Å²) in [6.07, 6.45) is 1.57. The van der Waals surface area contributed by atoms with Crippen LogP contribution in [-0.2, 0) is 4.79 Å². The number of thioether (sulfide) groups is 1. The minimum absolute atomic E-state index is 0.140. The molecule has 0 radical (unpaired) electrons. The third-order valence-corrected chi connectivity index (χ3v) is 3.89. The smallest absolute Gasteiger partial charge is 0.250 e. The molecule has 21 heavy (non-hydrogen) atoms. The van der Waals surface area contributed by atoms with Gasteiger partial charge in [0, 0.05) is 9.92 Å². The zero-order valence-corrected chi connectivity index (χ0v) is 13.1. The summed E-state index contributed by atoms with van der Waals surface area (Å²) in [6.45, 7) is 2.03. The Balaban J connectivity index is 1.78. The van der Waals surface area contributed by atoms with Crippen LogP contribution in [0.3, 0.4) is 0 Å². The number of carbonyl (C=O) groups excluding carboxylic acids is 1. The van der Waals surface area contributed by atoms with E-state index in [4.69, 9.17) is 11.6 Å². The highest BCUT2D eigenvalue weighted by Gasteiger charge is 2.01. The van der Waals surface area contributed by atoms with E-state index >= 15 is 0 Å². The first-order valence-corrected chi connectivity index (χ1v) is 7.77. The second-order valence-electron chi connectivity index (χ2n) is 4.45. The summed E-state index contributed by atoms with van der Waals surface area (Å²) in [5, 5.41) is 4.55. The van der Waals surface area contributed by atoms with Crippen molar-refractivity contribution in [3.05, 3.63) is 64.7 Å². The predicted octanol–water partition coefficient (Wildman–Crippen LogP) is 3.89. The van der Waals surface area contributed by atoms with Gasteiger partial charge in [0.15, 0.2) is 0 Å². The molecule has 0 aliphatic carbocycles. The molecule has 2 aromatic carbocycles. The molecule has 0 bridgehead atoms. The van der Waals surface area contributed by atoms with E-state index in [0.29, 0.717) is 10.8 Å². The Morgan fingerprint density at radius 1 is 1.29 bits per heavy atom. The average molecular weight is 319 g/mol. The third-order valence-electron chi connectivity index (χ3n) is 2.64. The summed E-state index contributed by atoms with van der Waals surface area (Å²) < 4.78 is 0. The Morgan fingerprint density at radius 3 is 2.76 bits per heavy atom. The average Bonchev–Trinajstić information content (AvgIpc) is 2.47. The van der Waals surface area contributed by atoms with Crippen molar-refractivity contribution in [3.8, 4) is 0 Å². The van der Waals surface area contributed by atoms with E-state index in [-0.39, 0.29) is 5.91 Å². The van der Waals surface area contributed by atoms with E-state index in [1.165, 1.54) is 17.3 Å². The van der Waals surface area contributed by atoms with Crippen molar-refractivity contribution in [3.63, 3.8) is 0 Å². The SMILES string of the molecule is Cc1ccc(SCC(=O)N/N=C\c2cccc(Cl)c2)cc1. The third kappa shape index (κ3) is 5.61. The van der Waals surface area contributed by atoms with Crippen LogP contribution in [0, 0.1) is 6.92 Å². The van der Waals surface area contributed by atoms with Crippen LogP contribution in [0.5, 0.6) is 0 Å². The first-order valence-electron chi connectivity index (χ1n) is 6.40. The monoisotopic (exact) mass is 318 g/mol. The maximum Gasteiger partial charge on any atom is 0.250 e. The lowest BCUT2D eigenvalue weighted by atomic mass is 10.2. The molecule has 0 heterocycles. The number of amides is 1. The molecule has 0 fully saturated rings. The standard InChI is InChI=1S/C16H15ClN2OS/c1-12-5-7-15(8-6-12)21-11-16(20)19-18-10-13-3-2-4-14(17)9-13/h2-10H,11H2,1H3,(H,19,20)/b18-10-. The first-order chi connectivity index (χ1) is 10.1. The van der Waals surface area contributed by atoms with Crippen molar-refractivity contribution in [1.29, 1.82) is 0 Å². The van der Waals surface area contributed by atoms with Gasteiger partial charge in [0.2, 0.25) is 5.91 Å². The summed E-state index contributed by atoms with van der Waals surface area (Å²) in [5.74, 6) is 0.189. The number of hydrazone groups is 1. The molecular weight excluding hydrogens is 304 g/mol. The normalized spacial score (nSPS) is 10.8. The van der Waals surface area contributed by atoms with Gasteiger partial charge in [-0.15, -0.1) is 11.8 Å². The number of benzene rings is 2. The molecule has 0 saturated carbocycles. The first kappa shape index (κ1) is 15.6. The molecule has 0 aliphatic heterocycles. The van der Waals surface area contributed by atoms with Crippen molar-refractivity contribution >= 4 is 35.5 Å². The number of carbonyl (C=O) groups is 1. The lowest BCUT2D eigenvalue weighted by Crippen LogP contribution is -2.19. The van der Waals surface area contributed by atoms with E-state index in [2.05, 4.69) is 10.5 Å². The van der Waals surface area contributed by atoms with E-state index in [0.717, 1.165) is 10.5 Å². The van der Waals surface area contributed by atoms with Crippen LogP contribution in [-0.4, -0.2) is 17.9 Å². The molecule has 2 rings (SSSR count). The van der Waals surface area contributed by atoms with E-state index in [9.17, 15) is 4.79 Å². The van der Waals surface area contributed by atoms with Gasteiger partial charge in [-0.3, -0.25) is 4.79 Å². The number of nitrogens with zero attached hydrogens (tertiary/aromatic N) is 1. The number of halogens is 1. The van der Waals surface area contributed by atoms with Gasteiger partial charge in [0.05, 0.1) is 12.0 Å². The van der Waals surface area contributed by atoms with Crippen LogP contribution < -0.4 is 5.43 Å². The molecule has 0 unspecified atom stereocenters.